The number of nitrogens with zero attached hydrogens (tertiary/aromatic N) is 5. The predicted octanol–water partition coefficient (Wildman–Crippen LogP) is 2.77. The lowest BCUT2D eigenvalue weighted by Crippen LogP contribution is -2.39. The lowest BCUT2D eigenvalue weighted by molar-refractivity contribution is -0.132. The van der Waals surface area contributed by atoms with Gasteiger partial charge in [-0.15, -0.1) is 0 Å². The van der Waals surface area contributed by atoms with Crippen molar-refractivity contribution in [2.75, 3.05) is 13.1 Å². The highest BCUT2D eigenvalue weighted by Gasteiger charge is 2.27. The summed E-state index contributed by atoms with van der Waals surface area (Å²) >= 11 is 0. The van der Waals surface area contributed by atoms with Crippen LogP contribution in [0.5, 0.6) is 0 Å². The number of rotatable bonds is 5. The van der Waals surface area contributed by atoms with E-state index in [2.05, 4.69) is 51.5 Å². The van der Waals surface area contributed by atoms with Gasteiger partial charge in [-0.1, -0.05) is 29.8 Å². The molecule has 1 saturated heterocycles. The summed E-state index contributed by atoms with van der Waals surface area (Å²) in [5, 5.41) is 11.5. The Bertz CT molecular complexity index is 884. The number of likely N-dealkylation sites (tertiary alicyclic amines) is 1. The first-order valence-electron chi connectivity index (χ1n) is 9.41. The zero-order valence-corrected chi connectivity index (χ0v) is 15.5. The van der Waals surface area contributed by atoms with E-state index in [1.165, 1.54) is 17.5 Å². The van der Waals surface area contributed by atoms with Gasteiger partial charge in [-0.2, -0.15) is 10.2 Å². The molecule has 3 heterocycles. The molecule has 0 aliphatic carbocycles. The van der Waals surface area contributed by atoms with E-state index in [0.29, 0.717) is 13.0 Å². The normalized spacial score (nSPS) is 17.2. The Morgan fingerprint density at radius 3 is 2.93 bits per heavy atom. The van der Waals surface area contributed by atoms with Gasteiger partial charge in [0.25, 0.3) is 0 Å². The number of hydrogen-bond donors (Lipinski definition) is 1. The minimum Gasteiger partial charge on any atom is -0.342 e. The van der Waals surface area contributed by atoms with E-state index in [0.717, 1.165) is 37.2 Å². The van der Waals surface area contributed by atoms with Crippen LogP contribution < -0.4 is 0 Å². The van der Waals surface area contributed by atoms with E-state index in [1.807, 2.05) is 11.1 Å². The first kappa shape index (κ1) is 17.5. The van der Waals surface area contributed by atoms with Crippen molar-refractivity contribution in [1.82, 2.24) is 29.9 Å². The van der Waals surface area contributed by atoms with E-state index in [1.54, 1.807) is 11.0 Å². The predicted molar refractivity (Wildman–Crippen MR) is 102 cm³/mol. The van der Waals surface area contributed by atoms with Crippen LogP contribution in [-0.4, -0.2) is 48.9 Å². The number of benzene rings is 1. The Balaban J connectivity index is 1.45. The molecule has 27 heavy (non-hydrogen) atoms. The maximum absolute atomic E-state index is 12.6. The monoisotopic (exact) mass is 364 g/mol. The SMILES string of the molecule is Cc1ccc(-c2cn[nH]c2[C@H]2CCCN(C(=O)CCn3cncn3)C2)cc1. The van der Waals surface area contributed by atoms with Gasteiger partial charge >= 0.3 is 0 Å². The van der Waals surface area contributed by atoms with E-state index in [9.17, 15) is 4.79 Å². The Hall–Kier alpha value is -2.96. The summed E-state index contributed by atoms with van der Waals surface area (Å²) in [5.74, 6) is 0.458. The molecule has 1 atom stereocenters. The minimum absolute atomic E-state index is 0.173. The van der Waals surface area contributed by atoms with E-state index < -0.39 is 0 Å². The van der Waals surface area contributed by atoms with Crippen molar-refractivity contribution >= 4 is 5.91 Å². The molecule has 0 unspecified atom stereocenters. The molecule has 0 radical (unpaired) electrons. The van der Waals surface area contributed by atoms with Gasteiger partial charge in [0, 0.05) is 36.7 Å². The molecule has 1 fully saturated rings. The van der Waals surface area contributed by atoms with Crippen LogP contribution in [0.15, 0.2) is 43.1 Å². The summed E-state index contributed by atoms with van der Waals surface area (Å²) in [4.78, 5) is 18.5. The van der Waals surface area contributed by atoms with Crippen molar-refractivity contribution in [2.24, 2.45) is 0 Å². The van der Waals surface area contributed by atoms with Gasteiger partial charge in [0.15, 0.2) is 0 Å². The molecule has 1 aliphatic rings. The van der Waals surface area contributed by atoms with Crippen molar-refractivity contribution in [3.63, 3.8) is 0 Å². The molecule has 0 spiro atoms. The molecule has 2 aromatic heterocycles. The number of aromatic nitrogens is 5. The molecule has 7 nitrogen and oxygen atoms in total. The van der Waals surface area contributed by atoms with Gasteiger partial charge in [-0.25, -0.2) is 4.98 Å². The van der Waals surface area contributed by atoms with Gasteiger partial charge in [0.1, 0.15) is 12.7 Å². The Labute approximate surface area is 158 Å². The van der Waals surface area contributed by atoms with E-state index in [4.69, 9.17) is 0 Å². The van der Waals surface area contributed by atoms with Crippen LogP contribution >= 0.6 is 0 Å². The molecule has 4 rings (SSSR count). The fraction of sp³-hybridized carbons (Fsp3) is 0.400. The second kappa shape index (κ2) is 7.73. The van der Waals surface area contributed by atoms with Crippen LogP contribution in [0.4, 0.5) is 0 Å². The van der Waals surface area contributed by atoms with Crippen molar-refractivity contribution in [1.29, 1.82) is 0 Å². The summed E-state index contributed by atoms with van der Waals surface area (Å²) in [7, 11) is 0. The van der Waals surface area contributed by atoms with Crippen LogP contribution in [0.3, 0.4) is 0 Å². The van der Waals surface area contributed by atoms with Crippen molar-refractivity contribution in [3.05, 3.63) is 54.4 Å². The Morgan fingerprint density at radius 2 is 2.15 bits per heavy atom. The highest BCUT2D eigenvalue weighted by atomic mass is 16.2. The second-order valence-electron chi connectivity index (χ2n) is 7.15. The zero-order valence-electron chi connectivity index (χ0n) is 15.5. The third-order valence-corrected chi connectivity index (χ3v) is 5.24. The quantitative estimate of drug-likeness (QED) is 0.755. The zero-order chi connectivity index (χ0) is 18.6. The molecular formula is C20H24N6O. The number of aryl methyl sites for hydroxylation is 2. The number of H-pyrrole nitrogens is 1. The highest BCUT2D eigenvalue weighted by Crippen LogP contribution is 2.33. The molecule has 1 amide bonds. The van der Waals surface area contributed by atoms with Gasteiger partial charge in [-0.05, 0) is 25.3 Å². The van der Waals surface area contributed by atoms with E-state index >= 15 is 0 Å². The average molecular weight is 364 g/mol. The van der Waals surface area contributed by atoms with Gasteiger partial charge in [0.05, 0.1) is 12.7 Å². The molecular weight excluding hydrogens is 340 g/mol. The molecule has 0 saturated carbocycles. The molecule has 7 heteroatoms. The van der Waals surface area contributed by atoms with Crippen LogP contribution in [-0.2, 0) is 11.3 Å². The third kappa shape index (κ3) is 3.92. The van der Waals surface area contributed by atoms with Crippen LogP contribution in [0, 0.1) is 6.92 Å². The van der Waals surface area contributed by atoms with Crippen LogP contribution in [0.1, 0.15) is 36.4 Å². The topological polar surface area (TPSA) is 79.7 Å². The fourth-order valence-electron chi connectivity index (χ4n) is 3.73. The van der Waals surface area contributed by atoms with E-state index in [-0.39, 0.29) is 11.8 Å². The van der Waals surface area contributed by atoms with Crippen molar-refractivity contribution < 1.29 is 4.79 Å². The van der Waals surface area contributed by atoms with Crippen LogP contribution in [0.2, 0.25) is 0 Å². The molecule has 140 valence electrons. The van der Waals surface area contributed by atoms with Gasteiger partial charge in [0.2, 0.25) is 5.91 Å². The summed E-state index contributed by atoms with van der Waals surface area (Å²) < 4.78 is 1.70. The first-order valence-corrected chi connectivity index (χ1v) is 9.41. The number of nitrogens with one attached hydrogen (secondary N) is 1. The molecule has 3 aromatic rings. The number of carbonyl (C=O) groups is 1. The smallest absolute Gasteiger partial charge is 0.224 e. The van der Waals surface area contributed by atoms with Crippen molar-refractivity contribution in [2.45, 2.75) is 38.6 Å². The molecule has 1 N–H and O–H groups in total. The fourth-order valence-corrected chi connectivity index (χ4v) is 3.73. The Morgan fingerprint density at radius 1 is 1.30 bits per heavy atom. The molecule has 1 aliphatic heterocycles. The number of carbonyl (C=O) groups excluding carboxylic acids is 1. The second-order valence-corrected chi connectivity index (χ2v) is 7.15. The lowest BCUT2D eigenvalue weighted by Gasteiger charge is -2.33. The van der Waals surface area contributed by atoms with Crippen LogP contribution in [0.25, 0.3) is 11.1 Å². The third-order valence-electron chi connectivity index (χ3n) is 5.24. The number of piperidine rings is 1. The maximum Gasteiger partial charge on any atom is 0.224 e. The highest BCUT2D eigenvalue weighted by molar-refractivity contribution is 5.76. The lowest BCUT2D eigenvalue weighted by atomic mass is 9.90. The number of hydrogen-bond acceptors (Lipinski definition) is 4. The largest absolute Gasteiger partial charge is 0.342 e. The number of amides is 1. The molecule has 1 aromatic carbocycles. The minimum atomic E-state index is 0.173. The summed E-state index contributed by atoms with van der Waals surface area (Å²) in [5.41, 5.74) is 4.68. The summed E-state index contributed by atoms with van der Waals surface area (Å²) in [6, 6.07) is 8.50. The van der Waals surface area contributed by atoms with Gasteiger partial charge < -0.3 is 4.90 Å². The summed E-state index contributed by atoms with van der Waals surface area (Å²) in [6.07, 6.45) is 7.55. The number of aromatic amines is 1. The maximum atomic E-state index is 12.6. The first-order chi connectivity index (χ1) is 13.2. The van der Waals surface area contributed by atoms with Crippen molar-refractivity contribution in [3.8, 4) is 11.1 Å². The summed E-state index contributed by atoms with van der Waals surface area (Å²) in [6.45, 7) is 4.21. The Kier molecular flexibility index (Phi) is 5.00. The average Bonchev–Trinajstić information content (AvgIpc) is 3.39. The van der Waals surface area contributed by atoms with Gasteiger partial charge in [-0.3, -0.25) is 14.6 Å². The standard InChI is InChI=1S/C20H24N6O/c1-15-4-6-16(7-5-15)18-11-22-24-20(18)17-3-2-9-25(12-17)19(27)8-10-26-14-21-13-23-26/h4-7,11,13-14,17H,2-3,8-10,12H2,1H3,(H,22,24)/t17-/m0/s1. The molecule has 0 bridgehead atoms.